The molecule has 1 aliphatic rings. The maximum absolute atomic E-state index is 12.5. The Kier molecular flexibility index (Phi) is 7.95. The van der Waals surface area contributed by atoms with E-state index in [1.54, 1.807) is 18.2 Å². The summed E-state index contributed by atoms with van der Waals surface area (Å²) in [5.74, 6) is -0.903. The van der Waals surface area contributed by atoms with Crippen LogP contribution in [0, 0.1) is 13.8 Å². The lowest BCUT2D eigenvalue weighted by Crippen LogP contribution is -2.34. The number of hydrogen-bond acceptors (Lipinski definition) is 8. The second-order valence-electron chi connectivity index (χ2n) is 7.39. The van der Waals surface area contributed by atoms with Crippen LogP contribution in [0.5, 0.6) is 11.5 Å². The minimum atomic E-state index is -0.687. The first-order chi connectivity index (χ1) is 16.2. The van der Waals surface area contributed by atoms with Crippen molar-refractivity contribution in [3.05, 3.63) is 58.0 Å². The molecule has 1 heterocycles. The number of esters is 1. The number of thioether (sulfide) groups is 1. The quantitative estimate of drug-likeness (QED) is 0.447. The number of methoxy groups -OCH3 is 2. The van der Waals surface area contributed by atoms with E-state index < -0.39 is 23.7 Å². The second-order valence-corrected chi connectivity index (χ2v) is 8.38. The van der Waals surface area contributed by atoms with Gasteiger partial charge in [-0.2, -0.15) is 0 Å². The molecule has 1 saturated heterocycles. The van der Waals surface area contributed by atoms with Crippen LogP contribution in [0.1, 0.15) is 16.7 Å². The van der Waals surface area contributed by atoms with Crippen molar-refractivity contribution in [3.63, 3.8) is 0 Å². The number of amides is 3. The van der Waals surface area contributed by atoms with Gasteiger partial charge in [-0.3, -0.25) is 24.1 Å². The van der Waals surface area contributed by atoms with E-state index in [4.69, 9.17) is 9.47 Å². The number of nitrogens with zero attached hydrogens (tertiary/aromatic N) is 1. The average molecular weight is 485 g/mol. The van der Waals surface area contributed by atoms with Gasteiger partial charge in [0.25, 0.3) is 17.1 Å². The Bertz CT molecular complexity index is 1180. The van der Waals surface area contributed by atoms with E-state index in [9.17, 15) is 19.2 Å². The van der Waals surface area contributed by atoms with Crippen molar-refractivity contribution >= 4 is 46.5 Å². The van der Waals surface area contributed by atoms with E-state index in [0.29, 0.717) is 22.7 Å². The molecule has 0 bridgehead atoms. The third-order valence-electron chi connectivity index (χ3n) is 5.02. The molecule has 2 aromatic rings. The summed E-state index contributed by atoms with van der Waals surface area (Å²) < 4.78 is 15.5. The lowest BCUT2D eigenvalue weighted by Gasteiger charge is -2.12. The summed E-state index contributed by atoms with van der Waals surface area (Å²) in [5, 5.41) is 2.23. The number of carbonyl (C=O) groups excluding carboxylic acids is 4. The topological polar surface area (TPSA) is 111 Å². The van der Waals surface area contributed by atoms with Gasteiger partial charge in [0.15, 0.2) is 18.1 Å². The molecule has 0 saturated carbocycles. The number of nitrogens with one attached hydrogen (secondary N) is 1. The standard InChI is InChI=1S/C24H24N2O7S/c1-14-5-7-17(9-15(14)2)25-21(27)13-33-18-8-6-16(10-19(18)31-3)11-20-23(29)26(24(30)34-20)12-22(28)32-4/h5-11H,12-13H2,1-4H3,(H,25,27)/b20-11+. The van der Waals surface area contributed by atoms with Crippen molar-refractivity contribution in [1.29, 1.82) is 0 Å². The van der Waals surface area contributed by atoms with Crippen LogP contribution < -0.4 is 14.8 Å². The third-order valence-corrected chi connectivity index (χ3v) is 5.93. The second kappa shape index (κ2) is 10.9. The molecular weight excluding hydrogens is 460 g/mol. The van der Waals surface area contributed by atoms with E-state index in [0.717, 1.165) is 27.8 Å². The molecule has 3 amide bonds. The predicted octanol–water partition coefficient (Wildman–Crippen LogP) is 3.54. The maximum Gasteiger partial charge on any atom is 0.325 e. The number of benzene rings is 2. The Morgan fingerprint density at radius 1 is 1.03 bits per heavy atom. The highest BCUT2D eigenvalue weighted by molar-refractivity contribution is 8.18. The van der Waals surface area contributed by atoms with Crippen molar-refractivity contribution in [2.24, 2.45) is 0 Å². The Labute approximate surface area is 201 Å². The lowest BCUT2D eigenvalue weighted by atomic mass is 10.1. The van der Waals surface area contributed by atoms with Gasteiger partial charge in [-0.25, -0.2) is 0 Å². The Balaban J connectivity index is 1.66. The van der Waals surface area contributed by atoms with E-state index in [-0.39, 0.29) is 17.4 Å². The van der Waals surface area contributed by atoms with E-state index in [1.165, 1.54) is 20.3 Å². The Hall–Kier alpha value is -3.79. The zero-order chi connectivity index (χ0) is 24.8. The molecule has 0 radical (unpaired) electrons. The molecule has 34 heavy (non-hydrogen) atoms. The number of imide groups is 1. The van der Waals surface area contributed by atoms with Crippen molar-refractivity contribution < 1.29 is 33.4 Å². The fourth-order valence-corrected chi connectivity index (χ4v) is 3.87. The summed E-state index contributed by atoms with van der Waals surface area (Å²) >= 11 is 0.729. The third kappa shape index (κ3) is 5.96. The molecule has 10 heteroatoms. The van der Waals surface area contributed by atoms with Crippen molar-refractivity contribution in [3.8, 4) is 11.5 Å². The monoisotopic (exact) mass is 484 g/mol. The molecule has 0 unspecified atom stereocenters. The van der Waals surface area contributed by atoms with Gasteiger partial charge < -0.3 is 19.5 Å². The van der Waals surface area contributed by atoms with Gasteiger partial charge >= 0.3 is 5.97 Å². The molecule has 0 spiro atoms. The first-order valence-corrected chi connectivity index (χ1v) is 11.0. The van der Waals surface area contributed by atoms with Crippen molar-refractivity contribution in [2.45, 2.75) is 13.8 Å². The number of ether oxygens (including phenoxy) is 3. The van der Waals surface area contributed by atoms with Crippen molar-refractivity contribution in [2.75, 3.05) is 32.7 Å². The van der Waals surface area contributed by atoms with Gasteiger partial charge in [0.05, 0.1) is 19.1 Å². The van der Waals surface area contributed by atoms with Crippen LogP contribution in [0.25, 0.3) is 6.08 Å². The predicted molar refractivity (Wildman–Crippen MR) is 128 cm³/mol. The molecule has 3 rings (SSSR count). The van der Waals surface area contributed by atoms with Crippen molar-refractivity contribution in [1.82, 2.24) is 4.90 Å². The molecule has 9 nitrogen and oxygen atoms in total. The minimum Gasteiger partial charge on any atom is -0.493 e. The minimum absolute atomic E-state index is 0.164. The number of rotatable bonds is 8. The van der Waals surface area contributed by atoms with Gasteiger partial charge in [0, 0.05) is 5.69 Å². The summed E-state index contributed by atoms with van der Waals surface area (Å²) in [6, 6.07) is 10.5. The summed E-state index contributed by atoms with van der Waals surface area (Å²) in [7, 11) is 2.63. The fourth-order valence-electron chi connectivity index (χ4n) is 3.03. The van der Waals surface area contributed by atoms with Crippen LogP contribution in [0.4, 0.5) is 10.5 Å². The zero-order valence-electron chi connectivity index (χ0n) is 19.2. The molecule has 1 fully saturated rings. The lowest BCUT2D eigenvalue weighted by molar-refractivity contribution is -0.143. The molecule has 2 aromatic carbocycles. The van der Waals surface area contributed by atoms with E-state index in [1.807, 2.05) is 32.0 Å². The highest BCUT2D eigenvalue weighted by Crippen LogP contribution is 2.34. The molecular formula is C24H24N2O7S. The van der Waals surface area contributed by atoms with Gasteiger partial charge in [-0.1, -0.05) is 12.1 Å². The smallest absolute Gasteiger partial charge is 0.325 e. The molecule has 178 valence electrons. The molecule has 1 aliphatic heterocycles. The Morgan fingerprint density at radius 2 is 1.79 bits per heavy atom. The summed E-state index contributed by atoms with van der Waals surface area (Å²) in [5.41, 5.74) is 3.46. The normalized spacial score (nSPS) is 14.4. The number of hydrogen-bond donors (Lipinski definition) is 1. The Morgan fingerprint density at radius 3 is 2.47 bits per heavy atom. The van der Waals surface area contributed by atoms with Gasteiger partial charge in [-0.15, -0.1) is 0 Å². The van der Waals surface area contributed by atoms with Gasteiger partial charge in [0.1, 0.15) is 6.54 Å². The SMILES string of the molecule is COC(=O)CN1C(=O)S/C(=C/c2ccc(OCC(=O)Nc3ccc(C)c(C)c3)c(OC)c2)C1=O. The molecule has 0 atom stereocenters. The summed E-state index contributed by atoms with van der Waals surface area (Å²) in [6.45, 7) is 3.29. The molecule has 1 N–H and O–H groups in total. The fraction of sp³-hybridized carbons (Fsp3) is 0.250. The number of aryl methyl sites for hydroxylation is 2. The number of carbonyl (C=O) groups is 4. The number of anilines is 1. The van der Waals surface area contributed by atoms with Crippen LogP contribution >= 0.6 is 11.8 Å². The van der Waals surface area contributed by atoms with Crippen LogP contribution in [0.15, 0.2) is 41.3 Å². The summed E-state index contributed by atoms with van der Waals surface area (Å²) in [4.78, 5) is 49.2. The molecule has 0 aromatic heterocycles. The van der Waals surface area contributed by atoms with Gasteiger partial charge in [0.2, 0.25) is 0 Å². The zero-order valence-corrected chi connectivity index (χ0v) is 20.0. The van der Waals surface area contributed by atoms with Crippen LogP contribution in [0.2, 0.25) is 0 Å². The van der Waals surface area contributed by atoms with E-state index >= 15 is 0 Å². The van der Waals surface area contributed by atoms with E-state index in [2.05, 4.69) is 10.1 Å². The maximum atomic E-state index is 12.5. The van der Waals surface area contributed by atoms with Crippen LogP contribution in [0.3, 0.4) is 0 Å². The first kappa shape index (κ1) is 24.8. The first-order valence-electron chi connectivity index (χ1n) is 10.2. The average Bonchev–Trinajstić information content (AvgIpc) is 3.07. The largest absolute Gasteiger partial charge is 0.493 e. The van der Waals surface area contributed by atoms with Gasteiger partial charge in [-0.05, 0) is 72.6 Å². The highest BCUT2D eigenvalue weighted by Gasteiger charge is 2.36. The highest BCUT2D eigenvalue weighted by atomic mass is 32.2. The molecule has 0 aliphatic carbocycles. The van der Waals surface area contributed by atoms with Crippen LogP contribution in [-0.2, 0) is 19.1 Å². The summed E-state index contributed by atoms with van der Waals surface area (Å²) in [6.07, 6.45) is 1.51. The van der Waals surface area contributed by atoms with Crippen LogP contribution in [-0.4, -0.2) is 55.3 Å².